The molecule has 0 radical (unpaired) electrons. The molecule has 1 aromatic rings. The minimum atomic E-state index is -0.258. The van der Waals surface area contributed by atoms with Crippen LogP contribution in [0.4, 0.5) is 9.59 Å². The Kier molecular flexibility index (Phi) is 12.8. The van der Waals surface area contributed by atoms with Gasteiger partial charge in [-0.25, -0.2) is 9.59 Å². The standard InChI is InChI=1S/C29H46N2O4.C29H42N2O3/c1-18-23-8-9-25-22-7-6-19-14-20(31(4)27(32)35-21-15-26(33-5)34-16-21)10-12-28(19,2)24(22)11-13-29(23,25)17-30(18)3;1-19-24-7-8-26-23-6-5-21-15-22(31(4)27(32)34-17-20-11-14-33-16-20)9-12-28(21,2)25(23)10-13-29(24,26)18-30(19)3/h6,18,20-26H,7-17H2,1-5H3;5,11,14,16,19,22-26H,6-10,12-13,15,17-18H2,1-4H3. The molecule has 11 aliphatic rings. The van der Waals surface area contributed by atoms with Crippen molar-refractivity contribution in [2.45, 2.75) is 180 Å². The first kappa shape index (κ1) is 48.4. The van der Waals surface area contributed by atoms with Gasteiger partial charge in [0.1, 0.15) is 12.7 Å². The Morgan fingerprint density at radius 1 is 0.710 bits per heavy atom. The van der Waals surface area contributed by atoms with Crippen LogP contribution >= 0.6 is 0 Å². The quantitative estimate of drug-likeness (QED) is 0.258. The van der Waals surface area contributed by atoms with Crippen molar-refractivity contribution in [1.82, 2.24) is 19.6 Å². The molecule has 18 unspecified atom stereocenters. The van der Waals surface area contributed by atoms with Gasteiger partial charge >= 0.3 is 12.2 Å². The van der Waals surface area contributed by atoms with Gasteiger partial charge in [0.05, 0.1) is 19.1 Å². The van der Waals surface area contributed by atoms with E-state index in [2.05, 4.69) is 63.7 Å². The molecule has 382 valence electrons. The molecule has 0 bridgehead atoms. The largest absolute Gasteiger partial charge is 0.472 e. The number of hydrogen-bond acceptors (Lipinski definition) is 9. The molecule has 6 saturated carbocycles. The predicted molar refractivity (Wildman–Crippen MR) is 267 cm³/mol. The maximum Gasteiger partial charge on any atom is 0.410 e. The van der Waals surface area contributed by atoms with E-state index in [9.17, 15) is 9.59 Å². The zero-order chi connectivity index (χ0) is 48.2. The highest BCUT2D eigenvalue weighted by Crippen LogP contribution is 2.70. The summed E-state index contributed by atoms with van der Waals surface area (Å²) in [7, 11) is 10.2. The van der Waals surface area contributed by atoms with Crippen LogP contribution in [0.2, 0.25) is 0 Å². The Morgan fingerprint density at radius 2 is 1.23 bits per heavy atom. The molecule has 12 rings (SSSR count). The number of rotatable bonds is 6. The summed E-state index contributed by atoms with van der Waals surface area (Å²) in [5, 5.41) is 0. The number of hydrogen-bond donors (Lipinski definition) is 0. The highest BCUT2D eigenvalue weighted by molar-refractivity contribution is 5.68. The fourth-order valence-corrected chi connectivity index (χ4v) is 19.5. The first-order chi connectivity index (χ1) is 33.1. The van der Waals surface area contributed by atoms with Crippen LogP contribution in [0.15, 0.2) is 46.3 Å². The minimum Gasteiger partial charge on any atom is -0.472 e. The second-order valence-electron chi connectivity index (χ2n) is 25.7. The number of nitrogens with zero attached hydrogens (tertiary/aromatic N) is 4. The van der Waals surface area contributed by atoms with Crippen molar-refractivity contribution in [3.05, 3.63) is 47.5 Å². The van der Waals surface area contributed by atoms with Crippen molar-refractivity contribution in [1.29, 1.82) is 0 Å². The van der Waals surface area contributed by atoms with Crippen LogP contribution in [0, 0.1) is 69.0 Å². The van der Waals surface area contributed by atoms with Crippen LogP contribution < -0.4 is 0 Å². The van der Waals surface area contributed by atoms with E-state index in [4.69, 9.17) is 23.4 Å². The lowest BCUT2D eigenvalue weighted by Crippen LogP contribution is -2.53. The van der Waals surface area contributed by atoms with Crippen LogP contribution in [-0.4, -0.2) is 123 Å². The SMILES string of the molecule is CC1C2CCC3C4CC=C5CC(N(C)C(=O)OCc6ccoc6)CCC5(C)C4CCC32CN1C.COC1CC(OC(=O)N(C)C2CCC3(C)C(=CCC4C3CCC35CN(C)C(C)C3CCC45)C2)CO1. The first-order valence-electron chi connectivity index (χ1n) is 27.9. The number of ether oxygens (including phenoxy) is 4. The Hall–Kier alpha value is -2.86. The Balaban J connectivity index is 0.000000151. The highest BCUT2D eigenvalue weighted by atomic mass is 16.7. The third-order valence-corrected chi connectivity index (χ3v) is 23.4. The number of fused-ring (bicyclic) bond motifs is 8. The van der Waals surface area contributed by atoms with E-state index in [1.54, 1.807) is 30.8 Å². The summed E-state index contributed by atoms with van der Waals surface area (Å²) in [5.41, 5.74) is 5.95. The van der Waals surface area contributed by atoms with Gasteiger partial charge in [-0.15, -0.1) is 0 Å². The predicted octanol–water partition coefficient (Wildman–Crippen LogP) is 11.2. The molecule has 2 spiro atoms. The number of methoxy groups -OCH3 is 1. The summed E-state index contributed by atoms with van der Waals surface area (Å²) in [4.78, 5) is 34.7. The zero-order valence-electron chi connectivity index (χ0n) is 44.0. The number of furan rings is 1. The van der Waals surface area contributed by atoms with Crippen molar-refractivity contribution in [3.63, 3.8) is 0 Å². The van der Waals surface area contributed by atoms with Crippen molar-refractivity contribution < 1.29 is 33.0 Å². The molecule has 9 fully saturated rings. The zero-order valence-corrected chi connectivity index (χ0v) is 44.0. The Bertz CT molecular complexity index is 2130. The topological polar surface area (TPSA) is 97.2 Å². The molecule has 69 heavy (non-hydrogen) atoms. The van der Waals surface area contributed by atoms with Gasteiger partial charge in [0.15, 0.2) is 6.29 Å². The van der Waals surface area contributed by atoms with Crippen molar-refractivity contribution >= 4 is 12.2 Å². The molecule has 18 atom stereocenters. The first-order valence-corrected chi connectivity index (χ1v) is 27.9. The minimum absolute atomic E-state index is 0.208. The molecule has 2 amide bonds. The van der Waals surface area contributed by atoms with Crippen molar-refractivity contribution in [2.75, 3.05) is 55.0 Å². The van der Waals surface area contributed by atoms with Gasteiger partial charge in [0, 0.05) is 70.4 Å². The summed E-state index contributed by atoms with van der Waals surface area (Å²) >= 11 is 0. The smallest absolute Gasteiger partial charge is 0.410 e. The molecule has 0 aromatic carbocycles. The van der Waals surface area contributed by atoms with E-state index in [0.717, 1.165) is 90.7 Å². The van der Waals surface area contributed by atoms with Crippen LogP contribution in [0.1, 0.15) is 142 Å². The summed E-state index contributed by atoms with van der Waals surface area (Å²) in [6.45, 7) is 13.4. The van der Waals surface area contributed by atoms with Crippen LogP contribution in [0.25, 0.3) is 0 Å². The molecular formula is C58H88N4O7. The van der Waals surface area contributed by atoms with E-state index in [0.29, 0.717) is 34.7 Å². The second-order valence-corrected chi connectivity index (χ2v) is 25.7. The Morgan fingerprint density at radius 3 is 1.72 bits per heavy atom. The van der Waals surface area contributed by atoms with Crippen LogP contribution in [0.3, 0.4) is 0 Å². The van der Waals surface area contributed by atoms with E-state index < -0.39 is 0 Å². The number of carbonyl (C=O) groups is 2. The van der Waals surface area contributed by atoms with E-state index in [1.165, 1.54) is 90.1 Å². The number of amides is 2. The number of likely N-dealkylation sites (tertiary alicyclic amines) is 2. The van der Waals surface area contributed by atoms with Gasteiger partial charge in [-0.05, 0) is 206 Å². The summed E-state index contributed by atoms with van der Waals surface area (Å²) in [5.74, 6) is 7.01. The molecule has 4 heterocycles. The molecule has 3 saturated heterocycles. The monoisotopic (exact) mass is 953 g/mol. The second kappa shape index (κ2) is 18.3. The van der Waals surface area contributed by atoms with Gasteiger partial charge < -0.3 is 43.0 Å². The van der Waals surface area contributed by atoms with Gasteiger partial charge in [-0.2, -0.15) is 0 Å². The lowest BCUT2D eigenvalue weighted by atomic mass is 9.47. The van der Waals surface area contributed by atoms with E-state index >= 15 is 0 Å². The van der Waals surface area contributed by atoms with Crippen LogP contribution in [0.5, 0.6) is 0 Å². The summed E-state index contributed by atoms with van der Waals surface area (Å²) < 4.78 is 27.2. The average Bonchev–Trinajstić information content (AvgIpc) is 4.22. The highest BCUT2D eigenvalue weighted by Gasteiger charge is 2.66. The molecule has 1 aromatic heterocycles. The fraction of sp³-hybridized carbons (Fsp3) is 0.828. The van der Waals surface area contributed by atoms with Gasteiger partial charge in [-0.1, -0.05) is 37.1 Å². The van der Waals surface area contributed by atoms with Gasteiger partial charge in [-0.3, -0.25) is 0 Å². The fourth-order valence-electron chi connectivity index (χ4n) is 19.5. The van der Waals surface area contributed by atoms with E-state index in [-0.39, 0.29) is 43.3 Å². The normalized spacial score (nSPS) is 46.2. The van der Waals surface area contributed by atoms with Crippen LogP contribution in [-0.2, 0) is 25.6 Å². The molecule has 11 nitrogen and oxygen atoms in total. The maximum atomic E-state index is 12.9. The number of allylic oxidation sites excluding steroid dienone is 2. The molecule has 0 N–H and O–H groups in total. The van der Waals surface area contributed by atoms with E-state index in [1.807, 2.05) is 30.0 Å². The van der Waals surface area contributed by atoms with Gasteiger partial charge in [0.2, 0.25) is 0 Å². The third kappa shape index (κ3) is 7.83. The Labute approximate surface area is 414 Å². The molecular weight excluding hydrogens is 865 g/mol. The summed E-state index contributed by atoms with van der Waals surface area (Å²) in [6, 6.07) is 3.82. The number of carbonyl (C=O) groups excluding carboxylic acids is 2. The lowest BCUT2D eigenvalue weighted by molar-refractivity contribution is -0.0883. The lowest BCUT2D eigenvalue weighted by Gasteiger charge is -2.58. The van der Waals surface area contributed by atoms with Crippen molar-refractivity contribution in [2.24, 2.45) is 69.0 Å². The maximum absolute atomic E-state index is 12.9. The van der Waals surface area contributed by atoms with Crippen molar-refractivity contribution in [3.8, 4) is 0 Å². The molecule has 8 aliphatic carbocycles. The summed E-state index contributed by atoms with van der Waals surface area (Å²) in [6.07, 6.45) is 28.7. The molecule has 11 heteroatoms. The third-order valence-electron chi connectivity index (χ3n) is 23.4. The van der Waals surface area contributed by atoms with Gasteiger partial charge in [0.25, 0.3) is 0 Å². The molecule has 3 aliphatic heterocycles. The average molecular weight is 953 g/mol.